The Balaban J connectivity index is 2.02. The summed E-state index contributed by atoms with van der Waals surface area (Å²) in [5, 5.41) is 10.6. The molecule has 0 spiro atoms. The van der Waals surface area contributed by atoms with E-state index in [1.807, 2.05) is 20.8 Å². The van der Waals surface area contributed by atoms with Gasteiger partial charge in [0.2, 0.25) is 10.0 Å². The number of thiophene rings is 1. The number of carboxylic acid groups (broad SMARTS) is 1. The second-order valence-electron chi connectivity index (χ2n) is 10.1. The first-order chi connectivity index (χ1) is 16.7. The van der Waals surface area contributed by atoms with E-state index in [1.165, 1.54) is 16.6 Å². The van der Waals surface area contributed by atoms with Gasteiger partial charge in [0.05, 0.1) is 16.2 Å². The lowest BCUT2D eigenvalue weighted by Crippen LogP contribution is -2.39. The number of hydrogen-bond acceptors (Lipinski definition) is 5. The molecular weight excluding hydrogens is 541 g/mol. The highest BCUT2D eigenvalue weighted by molar-refractivity contribution is 7.88. The molecule has 0 amide bonds. The number of carbonyl (C=O) groups is 2. The van der Waals surface area contributed by atoms with E-state index in [1.54, 1.807) is 18.2 Å². The minimum Gasteiger partial charge on any atom is -0.477 e. The number of sulfonamides is 1. The minimum atomic E-state index is -3.33. The third-order valence-electron chi connectivity index (χ3n) is 6.09. The van der Waals surface area contributed by atoms with Gasteiger partial charge in [0, 0.05) is 35.5 Å². The predicted octanol–water partition coefficient (Wildman–Crippen LogP) is 6.18. The summed E-state index contributed by atoms with van der Waals surface area (Å²) in [6.45, 7) is 6.55. The van der Waals surface area contributed by atoms with Crippen LogP contribution in [0.25, 0.3) is 0 Å². The van der Waals surface area contributed by atoms with Gasteiger partial charge < -0.3 is 5.11 Å². The van der Waals surface area contributed by atoms with Crippen molar-refractivity contribution in [2.75, 3.05) is 19.3 Å². The van der Waals surface area contributed by atoms with E-state index in [9.17, 15) is 23.1 Å². The van der Waals surface area contributed by atoms with Crippen molar-refractivity contribution in [2.45, 2.75) is 46.0 Å². The molecule has 2 heterocycles. The highest BCUT2D eigenvalue weighted by Crippen LogP contribution is 2.41. The molecule has 6 nitrogen and oxygen atoms in total. The van der Waals surface area contributed by atoms with Crippen molar-refractivity contribution >= 4 is 56.3 Å². The van der Waals surface area contributed by atoms with Gasteiger partial charge in [-0.15, -0.1) is 11.3 Å². The van der Waals surface area contributed by atoms with Crippen LogP contribution in [0.5, 0.6) is 0 Å². The molecule has 0 saturated carbocycles. The Kier molecular flexibility index (Phi) is 8.95. The van der Waals surface area contributed by atoms with E-state index in [0.29, 0.717) is 47.0 Å². The van der Waals surface area contributed by atoms with Gasteiger partial charge >= 0.3 is 5.97 Å². The molecule has 1 N–H and O–H groups in total. The fraction of sp³-hybridized carbons (Fsp3) is 0.462. The molecule has 0 aliphatic carbocycles. The average molecular weight is 571 g/mol. The van der Waals surface area contributed by atoms with Crippen molar-refractivity contribution in [3.8, 4) is 11.8 Å². The maximum absolute atomic E-state index is 13.4. The zero-order valence-corrected chi connectivity index (χ0v) is 23.7. The maximum atomic E-state index is 13.4. The van der Waals surface area contributed by atoms with Crippen LogP contribution in [0.4, 0.5) is 0 Å². The number of piperidine rings is 1. The van der Waals surface area contributed by atoms with Crippen LogP contribution in [-0.2, 0) is 10.0 Å². The first kappa shape index (κ1) is 28.7. The third kappa shape index (κ3) is 7.33. The molecule has 2 aromatic rings. The highest BCUT2D eigenvalue weighted by Gasteiger charge is 2.35. The molecule has 194 valence electrons. The second kappa shape index (κ2) is 11.2. The van der Waals surface area contributed by atoms with Crippen molar-refractivity contribution in [1.29, 1.82) is 0 Å². The summed E-state index contributed by atoms with van der Waals surface area (Å²) in [5.41, 5.74) is 0.619. The predicted molar refractivity (Wildman–Crippen MR) is 145 cm³/mol. The summed E-state index contributed by atoms with van der Waals surface area (Å²) in [6.07, 6.45) is 2.24. The molecule has 10 heteroatoms. The first-order valence-corrected chi connectivity index (χ1v) is 14.9. The number of Topliss-reactive ketones (excluding diaryl/α,β-unsaturated/α-hetero) is 1. The van der Waals surface area contributed by atoms with Crippen LogP contribution in [-0.4, -0.2) is 48.9 Å². The van der Waals surface area contributed by atoms with Gasteiger partial charge in [-0.1, -0.05) is 35.0 Å². The lowest BCUT2D eigenvalue weighted by molar-refractivity contribution is 0.0698. The number of aromatic carboxylic acids is 1. The van der Waals surface area contributed by atoms with Gasteiger partial charge in [0.1, 0.15) is 4.88 Å². The van der Waals surface area contributed by atoms with E-state index in [2.05, 4.69) is 11.8 Å². The Labute approximate surface area is 226 Å². The number of hydrogen-bond donors (Lipinski definition) is 1. The van der Waals surface area contributed by atoms with Crippen LogP contribution >= 0.6 is 34.5 Å². The molecule has 36 heavy (non-hydrogen) atoms. The van der Waals surface area contributed by atoms with Crippen LogP contribution in [0.3, 0.4) is 0 Å². The summed E-state index contributed by atoms with van der Waals surface area (Å²) in [5.74, 6) is 4.40. The summed E-state index contributed by atoms with van der Waals surface area (Å²) in [7, 11) is -3.33. The van der Waals surface area contributed by atoms with Gasteiger partial charge in [-0.3, -0.25) is 4.79 Å². The molecule has 1 aliphatic rings. The van der Waals surface area contributed by atoms with Gasteiger partial charge in [0.15, 0.2) is 5.78 Å². The molecule has 1 saturated heterocycles. The van der Waals surface area contributed by atoms with Gasteiger partial charge in [-0.2, -0.15) is 0 Å². The standard InChI is InChI=1S/C26H29Cl2NO5S2/c1-26(2,3)10-7-18-14-21(24(35-18)25(31)32)20(16-8-11-29(12-9-16)36(4,33)34)15-23(30)19-6-5-17(27)13-22(19)28/h5-6,13-14,16,20H,8-9,11-12,15H2,1-4H3,(H,31,32). The van der Waals surface area contributed by atoms with Crippen LogP contribution in [0.2, 0.25) is 10.0 Å². The van der Waals surface area contributed by atoms with Gasteiger partial charge in [-0.05, 0) is 75.3 Å². The van der Waals surface area contributed by atoms with Crippen LogP contribution in [0.1, 0.15) is 76.4 Å². The lowest BCUT2D eigenvalue weighted by Gasteiger charge is -2.35. The number of halogens is 2. The van der Waals surface area contributed by atoms with Crippen LogP contribution in [0.15, 0.2) is 24.3 Å². The SMILES string of the molecule is CC(C)(C)C#Cc1cc(C(CC(=O)c2ccc(Cl)cc2Cl)C2CCN(S(C)(=O)=O)CC2)c(C(=O)O)s1. The first-order valence-electron chi connectivity index (χ1n) is 11.5. The molecule has 1 aromatic carbocycles. The Bertz CT molecular complexity index is 1320. The number of ketones is 1. The van der Waals surface area contributed by atoms with E-state index in [-0.39, 0.29) is 33.4 Å². The summed E-state index contributed by atoms with van der Waals surface area (Å²) >= 11 is 13.4. The lowest BCUT2D eigenvalue weighted by atomic mass is 9.77. The molecule has 1 aromatic heterocycles. The third-order valence-corrected chi connectivity index (χ3v) is 8.99. The topological polar surface area (TPSA) is 91.8 Å². The van der Waals surface area contributed by atoms with Gasteiger partial charge in [-0.25, -0.2) is 17.5 Å². The number of carboxylic acids is 1. The molecule has 1 atom stereocenters. The Hall–Kier alpha value is -1.89. The molecule has 3 rings (SSSR count). The van der Waals surface area contributed by atoms with Crippen molar-refractivity contribution < 1.29 is 23.1 Å². The smallest absolute Gasteiger partial charge is 0.346 e. The van der Waals surface area contributed by atoms with Crippen LogP contribution in [0, 0.1) is 23.2 Å². The Morgan fingerprint density at radius 2 is 1.83 bits per heavy atom. The number of carbonyl (C=O) groups excluding carboxylic acids is 1. The van der Waals surface area contributed by atoms with E-state index in [0.717, 1.165) is 11.3 Å². The van der Waals surface area contributed by atoms with E-state index < -0.39 is 21.9 Å². The van der Waals surface area contributed by atoms with Crippen molar-refractivity contribution in [3.63, 3.8) is 0 Å². The number of nitrogens with zero attached hydrogens (tertiary/aromatic N) is 1. The molecule has 1 fully saturated rings. The van der Waals surface area contributed by atoms with Crippen molar-refractivity contribution in [3.05, 3.63) is 55.2 Å². The van der Waals surface area contributed by atoms with Crippen LogP contribution < -0.4 is 0 Å². The number of rotatable bonds is 7. The molecule has 0 radical (unpaired) electrons. The molecule has 0 bridgehead atoms. The average Bonchev–Trinajstić information content (AvgIpc) is 3.19. The fourth-order valence-electron chi connectivity index (χ4n) is 4.32. The Morgan fingerprint density at radius 1 is 1.19 bits per heavy atom. The minimum absolute atomic E-state index is 0.0358. The fourth-order valence-corrected chi connectivity index (χ4v) is 6.64. The number of benzene rings is 1. The molecule has 1 unspecified atom stereocenters. The van der Waals surface area contributed by atoms with E-state index in [4.69, 9.17) is 23.2 Å². The maximum Gasteiger partial charge on any atom is 0.346 e. The monoisotopic (exact) mass is 569 g/mol. The largest absolute Gasteiger partial charge is 0.477 e. The summed E-state index contributed by atoms with van der Waals surface area (Å²) in [6, 6.07) is 6.44. The van der Waals surface area contributed by atoms with E-state index >= 15 is 0 Å². The zero-order chi connectivity index (χ0) is 26.8. The normalized spacial score (nSPS) is 16.3. The quantitative estimate of drug-likeness (QED) is 0.317. The zero-order valence-electron chi connectivity index (χ0n) is 20.6. The summed E-state index contributed by atoms with van der Waals surface area (Å²) in [4.78, 5) is 26.3. The van der Waals surface area contributed by atoms with Gasteiger partial charge in [0.25, 0.3) is 0 Å². The Morgan fingerprint density at radius 3 is 2.36 bits per heavy atom. The summed E-state index contributed by atoms with van der Waals surface area (Å²) < 4.78 is 25.5. The van der Waals surface area contributed by atoms with Crippen molar-refractivity contribution in [2.24, 2.45) is 11.3 Å². The molecule has 1 aliphatic heterocycles. The second-order valence-corrected chi connectivity index (χ2v) is 13.9. The van der Waals surface area contributed by atoms with Crippen molar-refractivity contribution in [1.82, 2.24) is 4.31 Å². The highest BCUT2D eigenvalue weighted by atomic mass is 35.5. The molecular formula is C26H29Cl2NO5S2.